The molecule has 0 aromatic rings. The molecule has 0 aliphatic carbocycles. The van der Waals surface area contributed by atoms with E-state index in [9.17, 15) is 9.59 Å². The Hall–Kier alpha value is -1.46. The van der Waals surface area contributed by atoms with Crippen LogP contribution in [0.15, 0.2) is 0 Å². The van der Waals surface area contributed by atoms with Crippen LogP contribution in [0.5, 0.6) is 0 Å². The van der Waals surface area contributed by atoms with Gasteiger partial charge in [0.1, 0.15) is 5.60 Å². The number of hydrogen-bond donors (Lipinski definition) is 1. The summed E-state index contributed by atoms with van der Waals surface area (Å²) in [7, 11) is 0. The Morgan fingerprint density at radius 3 is 2.50 bits per heavy atom. The van der Waals surface area contributed by atoms with Gasteiger partial charge in [-0.2, -0.15) is 0 Å². The quantitative estimate of drug-likeness (QED) is 0.847. The van der Waals surface area contributed by atoms with Crippen LogP contribution in [0.4, 0.5) is 9.59 Å². The molecule has 1 rings (SSSR count). The minimum absolute atomic E-state index is 0.0810. The third-order valence-electron chi connectivity index (χ3n) is 2.74. The van der Waals surface area contributed by atoms with Crippen molar-refractivity contribution >= 4 is 12.2 Å². The van der Waals surface area contributed by atoms with E-state index < -0.39 is 11.7 Å². The van der Waals surface area contributed by atoms with Crippen LogP contribution < -0.4 is 5.32 Å². The second kappa shape index (κ2) is 6.81. The Morgan fingerprint density at radius 1 is 1.30 bits per heavy atom. The Balaban J connectivity index is 2.46. The van der Waals surface area contributed by atoms with Crippen LogP contribution in [-0.4, -0.2) is 47.9 Å². The van der Waals surface area contributed by atoms with Crippen molar-refractivity contribution in [3.8, 4) is 0 Å². The topological polar surface area (TPSA) is 67.9 Å². The van der Waals surface area contributed by atoms with Crippen molar-refractivity contribution in [1.82, 2.24) is 10.2 Å². The standard InChI is InChI=1S/C14H26N2O4/c1-10(2)19-12(17)15-11-7-6-8-16(9-11)13(18)20-14(3,4)5/h10-11H,6-9H2,1-5H3,(H,15,17). The molecule has 0 aromatic heterocycles. The maximum atomic E-state index is 12.0. The zero-order valence-corrected chi connectivity index (χ0v) is 13.1. The van der Waals surface area contributed by atoms with Gasteiger partial charge in [-0.1, -0.05) is 0 Å². The first-order valence-corrected chi connectivity index (χ1v) is 7.12. The summed E-state index contributed by atoms with van der Waals surface area (Å²) >= 11 is 0. The summed E-state index contributed by atoms with van der Waals surface area (Å²) in [6, 6.07) is -0.0810. The fourth-order valence-electron chi connectivity index (χ4n) is 2.00. The molecule has 1 aliphatic rings. The molecule has 2 amide bonds. The van der Waals surface area contributed by atoms with Crippen molar-refractivity contribution in [2.24, 2.45) is 0 Å². The second-order valence-electron chi connectivity index (χ2n) is 6.36. The van der Waals surface area contributed by atoms with E-state index in [1.165, 1.54) is 0 Å². The zero-order chi connectivity index (χ0) is 15.3. The smallest absolute Gasteiger partial charge is 0.410 e. The van der Waals surface area contributed by atoms with Gasteiger partial charge >= 0.3 is 12.2 Å². The zero-order valence-electron chi connectivity index (χ0n) is 13.1. The average molecular weight is 286 g/mol. The number of carbonyl (C=O) groups is 2. The van der Waals surface area contributed by atoms with Crippen LogP contribution >= 0.6 is 0 Å². The maximum absolute atomic E-state index is 12.0. The molecule has 116 valence electrons. The average Bonchev–Trinajstić information content (AvgIpc) is 2.25. The van der Waals surface area contributed by atoms with Gasteiger partial charge in [0.2, 0.25) is 0 Å². The predicted molar refractivity (Wildman–Crippen MR) is 75.6 cm³/mol. The number of nitrogens with zero attached hydrogens (tertiary/aromatic N) is 1. The summed E-state index contributed by atoms with van der Waals surface area (Å²) < 4.78 is 10.4. The lowest BCUT2D eigenvalue weighted by Gasteiger charge is -2.34. The van der Waals surface area contributed by atoms with E-state index in [1.807, 2.05) is 20.8 Å². The number of hydrogen-bond acceptors (Lipinski definition) is 4. The monoisotopic (exact) mass is 286 g/mol. The van der Waals surface area contributed by atoms with E-state index in [0.29, 0.717) is 13.1 Å². The summed E-state index contributed by atoms with van der Waals surface area (Å²) in [6.45, 7) is 10.2. The van der Waals surface area contributed by atoms with E-state index in [1.54, 1.807) is 18.7 Å². The number of amides is 2. The number of ether oxygens (including phenoxy) is 2. The number of carbonyl (C=O) groups excluding carboxylic acids is 2. The Bertz CT molecular complexity index is 350. The molecule has 1 atom stereocenters. The molecule has 1 heterocycles. The number of likely N-dealkylation sites (tertiary alicyclic amines) is 1. The van der Waals surface area contributed by atoms with Gasteiger partial charge in [0.05, 0.1) is 6.10 Å². The minimum atomic E-state index is -0.506. The molecule has 0 aromatic carbocycles. The molecule has 6 nitrogen and oxygen atoms in total. The van der Waals surface area contributed by atoms with Crippen LogP contribution in [0.3, 0.4) is 0 Å². The minimum Gasteiger partial charge on any atom is -0.447 e. The van der Waals surface area contributed by atoms with Crippen LogP contribution in [0.1, 0.15) is 47.5 Å². The molecule has 1 unspecified atom stereocenters. The summed E-state index contributed by atoms with van der Waals surface area (Å²) in [5.74, 6) is 0. The van der Waals surface area contributed by atoms with Crippen LogP contribution in [0, 0.1) is 0 Å². The molecule has 6 heteroatoms. The van der Waals surface area contributed by atoms with Crippen molar-refractivity contribution in [1.29, 1.82) is 0 Å². The van der Waals surface area contributed by atoms with Gasteiger partial charge in [-0.15, -0.1) is 0 Å². The van der Waals surface area contributed by atoms with Gasteiger partial charge in [0.15, 0.2) is 0 Å². The van der Waals surface area contributed by atoms with E-state index in [2.05, 4.69) is 5.32 Å². The van der Waals surface area contributed by atoms with Gasteiger partial charge in [0.25, 0.3) is 0 Å². The van der Waals surface area contributed by atoms with E-state index in [-0.39, 0.29) is 18.2 Å². The van der Waals surface area contributed by atoms with E-state index in [0.717, 1.165) is 12.8 Å². The largest absolute Gasteiger partial charge is 0.447 e. The molecule has 1 saturated heterocycles. The second-order valence-corrected chi connectivity index (χ2v) is 6.36. The molecular weight excluding hydrogens is 260 g/mol. The van der Waals surface area contributed by atoms with E-state index >= 15 is 0 Å². The predicted octanol–water partition coefficient (Wildman–Crippen LogP) is 2.52. The molecule has 0 saturated carbocycles. The number of nitrogens with one attached hydrogen (secondary N) is 1. The first kappa shape index (κ1) is 16.6. The Kier molecular flexibility index (Phi) is 5.65. The van der Waals surface area contributed by atoms with Gasteiger partial charge in [-0.3, -0.25) is 0 Å². The normalized spacial score (nSPS) is 19.7. The fourth-order valence-corrected chi connectivity index (χ4v) is 2.00. The molecule has 0 spiro atoms. The summed E-state index contributed by atoms with van der Waals surface area (Å²) in [5, 5.41) is 2.79. The highest BCUT2D eigenvalue weighted by atomic mass is 16.6. The fraction of sp³-hybridized carbons (Fsp3) is 0.857. The highest BCUT2D eigenvalue weighted by Crippen LogP contribution is 2.15. The maximum Gasteiger partial charge on any atom is 0.410 e. The summed E-state index contributed by atoms with van der Waals surface area (Å²) in [4.78, 5) is 25.2. The molecule has 1 N–H and O–H groups in total. The molecular formula is C14H26N2O4. The number of rotatable bonds is 2. The third kappa shape index (κ3) is 6.12. The number of piperidine rings is 1. The van der Waals surface area contributed by atoms with Gasteiger partial charge in [0, 0.05) is 19.1 Å². The lowest BCUT2D eigenvalue weighted by Crippen LogP contribution is -2.51. The molecule has 0 bridgehead atoms. The Morgan fingerprint density at radius 2 is 1.95 bits per heavy atom. The van der Waals surface area contributed by atoms with Gasteiger partial charge in [-0.05, 0) is 47.5 Å². The van der Waals surface area contributed by atoms with Crippen molar-refractivity contribution in [3.63, 3.8) is 0 Å². The van der Waals surface area contributed by atoms with Crippen molar-refractivity contribution in [3.05, 3.63) is 0 Å². The van der Waals surface area contributed by atoms with Crippen molar-refractivity contribution in [2.75, 3.05) is 13.1 Å². The molecule has 1 aliphatic heterocycles. The Labute approximate surface area is 120 Å². The van der Waals surface area contributed by atoms with Crippen LogP contribution in [-0.2, 0) is 9.47 Å². The molecule has 1 fully saturated rings. The van der Waals surface area contributed by atoms with Crippen LogP contribution in [0.2, 0.25) is 0 Å². The third-order valence-corrected chi connectivity index (χ3v) is 2.74. The molecule has 0 radical (unpaired) electrons. The highest BCUT2D eigenvalue weighted by Gasteiger charge is 2.28. The lowest BCUT2D eigenvalue weighted by molar-refractivity contribution is 0.0181. The molecule has 20 heavy (non-hydrogen) atoms. The lowest BCUT2D eigenvalue weighted by atomic mass is 10.1. The van der Waals surface area contributed by atoms with Crippen molar-refractivity contribution < 1.29 is 19.1 Å². The first-order valence-electron chi connectivity index (χ1n) is 7.12. The van der Waals surface area contributed by atoms with Crippen molar-refractivity contribution in [2.45, 2.75) is 65.2 Å². The summed E-state index contributed by atoms with van der Waals surface area (Å²) in [5.41, 5.74) is -0.506. The summed E-state index contributed by atoms with van der Waals surface area (Å²) in [6.07, 6.45) is 0.760. The van der Waals surface area contributed by atoms with E-state index in [4.69, 9.17) is 9.47 Å². The highest BCUT2D eigenvalue weighted by molar-refractivity contribution is 5.69. The first-order chi connectivity index (χ1) is 9.17. The van der Waals surface area contributed by atoms with Gasteiger partial charge < -0.3 is 19.7 Å². The van der Waals surface area contributed by atoms with Gasteiger partial charge in [-0.25, -0.2) is 9.59 Å². The number of alkyl carbamates (subject to hydrolysis) is 1. The SMILES string of the molecule is CC(C)OC(=O)NC1CCCN(C(=O)OC(C)(C)C)C1. The van der Waals surface area contributed by atoms with Crippen LogP contribution in [0.25, 0.3) is 0 Å².